The fraction of sp³-hybridized carbons (Fsp3) is 0.529. The Bertz CT molecular complexity index is 450. The molecule has 0 N–H and O–H groups in total. The Balaban J connectivity index is 2.53. The average Bonchev–Trinajstić information content (AvgIpc) is 2.48. The molecular formula is C17H24O4. The van der Waals surface area contributed by atoms with Crippen LogP contribution in [0.3, 0.4) is 0 Å². The standard InChI is InChI=1S/C17H24O4/c1-4-6-7-8-13(3)21-17(19)15-11-9-14(10-12-15)16(18)20-5-2/h9-13H,4-8H2,1-3H3. The summed E-state index contributed by atoms with van der Waals surface area (Å²) in [6.07, 6.45) is 4.15. The Labute approximate surface area is 126 Å². The molecule has 1 rings (SSSR count). The fourth-order valence-corrected chi connectivity index (χ4v) is 1.95. The molecule has 0 heterocycles. The zero-order valence-electron chi connectivity index (χ0n) is 13.1. The van der Waals surface area contributed by atoms with Gasteiger partial charge in [0.05, 0.1) is 23.8 Å². The highest BCUT2D eigenvalue weighted by Crippen LogP contribution is 2.11. The van der Waals surface area contributed by atoms with Crippen LogP contribution in [0, 0.1) is 0 Å². The minimum atomic E-state index is -0.384. The number of carbonyl (C=O) groups excluding carboxylic acids is 2. The number of hydrogen-bond acceptors (Lipinski definition) is 4. The van der Waals surface area contributed by atoms with Gasteiger partial charge >= 0.3 is 11.9 Å². The molecule has 0 saturated heterocycles. The molecule has 4 nitrogen and oxygen atoms in total. The van der Waals surface area contributed by atoms with Crippen molar-refractivity contribution in [3.05, 3.63) is 35.4 Å². The maximum atomic E-state index is 12.0. The van der Waals surface area contributed by atoms with Crippen molar-refractivity contribution < 1.29 is 19.1 Å². The van der Waals surface area contributed by atoms with E-state index in [1.54, 1.807) is 31.2 Å². The zero-order valence-corrected chi connectivity index (χ0v) is 13.1. The molecule has 0 spiro atoms. The number of benzene rings is 1. The SMILES string of the molecule is CCCCCC(C)OC(=O)c1ccc(C(=O)OCC)cc1. The van der Waals surface area contributed by atoms with Gasteiger partial charge in [-0.3, -0.25) is 0 Å². The fourth-order valence-electron chi connectivity index (χ4n) is 1.95. The van der Waals surface area contributed by atoms with Gasteiger partial charge in [-0.25, -0.2) is 9.59 Å². The molecule has 0 fully saturated rings. The lowest BCUT2D eigenvalue weighted by Gasteiger charge is -2.13. The summed E-state index contributed by atoms with van der Waals surface area (Å²) in [5.74, 6) is -0.736. The summed E-state index contributed by atoms with van der Waals surface area (Å²) in [6, 6.07) is 6.34. The molecule has 1 aromatic carbocycles. The van der Waals surface area contributed by atoms with E-state index in [0.29, 0.717) is 17.7 Å². The molecule has 0 radical (unpaired) electrons. The summed E-state index contributed by atoms with van der Waals surface area (Å²) in [6.45, 7) is 6.13. The predicted octanol–water partition coefficient (Wildman–Crippen LogP) is 3.99. The second-order valence-electron chi connectivity index (χ2n) is 5.01. The van der Waals surface area contributed by atoms with Crippen LogP contribution in [0.5, 0.6) is 0 Å². The molecule has 0 saturated carbocycles. The number of carbonyl (C=O) groups is 2. The Morgan fingerprint density at radius 3 is 2.10 bits per heavy atom. The van der Waals surface area contributed by atoms with Crippen LogP contribution in [-0.2, 0) is 9.47 Å². The number of rotatable bonds is 8. The first-order valence-electron chi connectivity index (χ1n) is 7.56. The van der Waals surface area contributed by atoms with E-state index in [9.17, 15) is 9.59 Å². The molecule has 0 bridgehead atoms. The number of hydrogen-bond donors (Lipinski definition) is 0. The summed E-state index contributed by atoms with van der Waals surface area (Å²) < 4.78 is 10.3. The number of unbranched alkanes of at least 4 members (excludes halogenated alkanes) is 2. The van der Waals surface area contributed by atoms with Crippen LogP contribution in [0.25, 0.3) is 0 Å². The van der Waals surface area contributed by atoms with Crippen LogP contribution < -0.4 is 0 Å². The third-order valence-electron chi connectivity index (χ3n) is 3.15. The Morgan fingerprint density at radius 2 is 1.57 bits per heavy atom. The van der Waals surface area contributed by atoms with Gasteiger partial charge in [-0.2, -0.15) is 0 Å². The Kier molecular flexibility index (Phi) is 7.51. The topological polar surface area (TPSA) is 52.6 Å². The quantitative estimate of drug-likeness (QED) is 0.537. The van der Waals surface area contributed by atoms with Crippen LogP contribution in [0.15, 0.2) is 24.3 Å². The van der Waals surface area contributed by atoms with Gasteiger partial charge in [-0.1, -0.05) is 19.8 Å². The lowest BCUT2D eigenvalue weighted by atomic mass is 10.1. The minimum Gasteiger partial charge on any atom is -0.462 e. The molecule has 0 aliphatic carbocycles. The second kappa shape index (κ2) is 9.16. The highest BCUT2D eigenvalue weighted by atomic mass is 16.5. The molecular weight excluding hydrogens is 268 g/mol. The van der Waals surface area contributed by atoms with Crippen molar-refractivity contribution in [1.82, 2.24) is 0 Å². The van der Waals surface area contributed by atoms with E-state index in [0.717, 1.165) is 25.7 Å². The summed E-state index contributed by atoms with van der Waals surface area (Å²) in [5.41, 5.74) is 0.884. The van der Waals surface area contributed by atoms with Gasteiger partial charge in [-0.05, 0) is 51.0 Å². The monoisotopic (exact) mass is 292 g/mol. The van der Waals surface area contributed by atoms with E-state index < -0.39 is 0 Å². The van der Waals surface area contributed by atoms with E-state index in [4.69, 9.17) is 9.47 Å². The second-order valence-corrected chi connectivity index (χ2v) is 5.01. The molecule has 1 unspecified atom stereocenters. The Morgan fingerprint density at radius 1 is 1.00 bits per heavy atom. The zero-order chi connectivity index (χ0) is 15.7. The summed E-state index contributed by atoms with van der Waals surface area (Å²) in [4.78, 5) is 23.5. The molecule has 1 aromatic rings. The highest BCUT2D eigenvalue weighted by Gasteiger charge is 2.13. The van der Waals surface area contributed by atoms with Crippen molar-refractivity contribution in [2.75, 3.05) is 6.61 Å². The maximum Gasteiger partial charge on any atom is 0.338 e. The van der Waals surface area contributed by atoms with Crippen LogP contribution in [0.4, 0.5) is 0 Å². The van der Waals surface area contributed by atoms with Crippen LogP contribution in [0.2, 0.25) is 0 Å². The molecule has 0 aromatic heterocycles. The van der Waals surface area contributed by atoms with Gasteiger partial charge in [0.2, 0.25) is 0 Å². The van der Waals surface area contributed by atoms with Crippen molar-refractivity contribution in [2.24, 2.45) is 0 Å². The van der Waals surface area contributed by atoms with Crippen molar-refractivity contribution >= 4 is 11.9 Å². The third-order valence-corrected chi connectivity index (χ3v) is 3.15. The maximum absolute atomic E-state index is 12.0. The van der Waals surface area contributed by atoms with Crippen molar-refractivity contribution in [3.8, 4) is 0 Å². The minimum absolute atomic E-state index is 0.0891. The van der Waals surface area contributed by atoms with E-state index in [2.05, 4.69) is 6.92 Å². The molecule has 0 aliphatic rings. The molecule has 4 heteroatoms. The van der Waals surface area contributed by atoms with Gasteiger partial charge in [-0.15, -0.1) is 0 Å². The van der Waals surface area contributed by atoms with Crippen molar-refractivity contribution in [2.45, 2.75) is 52.6 Å². The summed E-state index contributed by atoms with van der Waals surface area (Å²) in [7, 11) is 0. The molecule has 21 heavy (non-hydrogen) atoms. The lowest BCUT2D eigenvalue weighted by Crippen LogP contribution is -2.15. The van der Waals surface area contributed by atoms with Crippen LogP contribution in [0.1, 0.15) is 67.2 Å². The normalized spacial score (nSPS) is 11.8. The predicted molar refractivity (Wildman–Crippen MR) is 81.4 cm³/mol. The van der Waals surface area contributed by atoms with Gasteiger partial charge in [0.1, 0.15) is 0 Å². The largest absolute Gasteiger partial charge is 0.462 e. The van der Waals surface area contributed by atoms with Gasteiger partial charge < -0.3 is 9.47 Å². The van der Waals surface area contributed by atoms with Crippen molar-refractivity contribution in [3.63, 3.8) is 0 Å². The van der Waals surface area contributed by atoms with Gasteiger partial charge in [0, 0.05) is 0 Å². The number of esters is 2. The Hall–Kier alpha value is -1.84. The van der Waals surface area contributed by atoms with E-state index in [1.807, 2.05) is 6.92 Å². The van der Waals surface area contributed by atoms with Crippen LogP contribution in [-0.4, -0.2) is 24.6 Å². The molecule has 0 amide bonds. The molecule has 116 valence electrons. The van der Waals surface area contributed by atoms with Gasteiger partial charge in [0.25, 0.3) is 0 Å². The smallest absolute Gasteiger partial charge is 0.338 e. The first kappa shape index (κ1) is 17.2. The summed E-state index contributed by atoms with van der Waals surface area (Å²) >= 11 is 0. The van der Waals surface area contributed by atoms with Crippen LogP contribution >= 0.6 is 0 Å². The molecule has 0 aliphatic heterocycles. The molecule has 1 atom stereocenters. The van der Waals surface area contributed by atoms with E-state index in [-0.39, 0.29) is 18.0 Å². The van der Waals surface area contributed by atoms with Gasteiger partial charge in [0.15, 0.2) is 0 Å². The average molecular weight is 292 g/mol. The first-order valence-corrected chi connectivity index (χ1v) is 7.56. The van der Waals surface area contributed by atoms with E-state index >= 15 is 0 Å². The highest BCUT2D eigenvalue weighted by molar-refractivity contribution is 5.93. The lowest BCUT2D eigenvalue weighted by molar-refractivity contribution is 0.0318. The number of ether oxygens (including phenoxy) is 2. The van der Waals surface area contributed by atoms with E-state index in [1.165, 1.54) is 0 Å². The third kappa shape index (κ3) is 5.98. The summed E-state index contributed by atoms with van der Waals surface area (Å²) in [5, 5.41) is 0. The first-order chi connectivity index (χ1) is 10.1. The van der Waals surface area contributed by atoms with Crippen molar-refractivity contribution in [1.29, 1.82) is 0 Å².